The van der Waals surface area contributed by atoms with Crippen molar-refractivity contribution in [1.29, 1.82) is 5.26 Å². The van der Waals surface area contributed by atoms with Gasteiger partial charge in [0.05, 0.1) is 23.4 Å². The fourth-order valence-corrected chi connectivity index (χ4v) is 5.37. The summed E-state index contributed by atoms with van der Waals surface area (Å²) in [5, 5.41) is 15.8. The first-order chi connectivity index (χ1) is 20.3. The number of nitriles is 1. The van der Waals surface area contributed by atoms with Gasteiger partial charge in [-0.3, -0.25) is 9.69 Å². The lowest BCUT2D eigenvalue weighted by Gasteiger charge is -2.33. The molecule has 1 aromatic heterocycles. The maximum absolute atomic E-state index is 13.6. The number of anilines is 1. The topological polar surface area (TPSA) is 73.9 Å². The Balaban J connectivity index is 1.33. The molecule has 2 fully saturated rings. The third-order valence-corrected chi connectivity index (χ3v) is 7.77. The lowest BCUT2D eigenvalue weighted by atomic mass is 9.95. The second kappa shape index (κ2) is 11.5. The van der Waals surface area contributed by atoms with Crippen molar-refractivity contribution in [2.45, 2.75) is 37.9 Å². The molecule has 3 aromatic carbocycles. The van der Waals surface area contributed by atoms with Crippen LogP contribution in [0.2, 0.25) is 0 Å². The van der Waals surface area contributed by atoms with Gasteiger partial charge >= 0.3 is 6.18 Å². The van der Waals surface area contributed by atoms with Crippen LogP contribution in [0.4, 0.5) is 18.9 Å². The van der Waals surface area contributed by atoms with Gasteiger partial charge in [-0.25, -0.2) is 4.68 Å². The van der Waals surface area contributed by atoms with Crippen LogP contribution in [0.3, 0.4) is 0 Å². The number of rotatable bonds is 10. The molecule has 9 heteroatoms. The second-order valence-electron chi connectivity index (χ2n) is 11.2. The van der Waals surface area contributed by atoms with Crippen molar-refractivity contribution < 1.29 is 18.0 Å². The van der Waals surface area contributed by atoms with Crippen molar-refractivity contribution in [2.24, 2.45) is 11.8 Å². The summed E-state index contributed by atoms with van der Waals surface area (Å²) in [7, 11) is 0. The molecule has 0 aliphatic heterocycles. The number of alkyl halides is 3. The first kappa shape index (κ1) is 27.7. The van der Waals surface area contributed by atoms with Crippen molar-refractivity contribution in [3.63, 3.8) is 0 Å². The number of carbonyl (C=O) groups is 1. The standard InChI is InChI=1S/C33H30F3N5O/c34-33(35,36)30-18-29(41(39-30)28-11-4-6-24(16-28)19-37)32(42)38-27-10-5-9-26(17-27)31(25-7-2-1-3-8-25)40(20-22-12-13-22)21-23-14-15-23/h1-11,16-18,22-23,31H,12-15,20-21H2,(H,38,42). The van der Waals surface area contributed by atoms with Crippen LogP contribution in [-0.2, 0) is 6.18 Å². The highest BCUT2D eigenvalue weighted by Crippen LogP contribution is 2.40. The predicted octanol–water partition coefficient (Wildman–Crippen LogP) is 7.23. The van der Waals surface area contributed by atoms with Crippen LogP contribution in [0, 0.1) is 23.2 Å². The summed E-state index contributed by atoms with van der Waals surface area (Å²) in [6.45, 7) is 2.02. The number of hydrogen-bond acceptors (Lipinski definition) is 4. The summed E-state index contributed by atoms with van der Waals surface area (Å²) in [5.74, 6) is 0.655. The molecule has 6 nitrogen and oxygen atoms in total. The number of carbonyl (C=O) groups excluding carboxylic acids is 1. The zero-order valence-electron chi connectivity index (χ0n) is 22.9. The quantitative estimate of drug-likeness (QED) is 0.219. The Morgan fingerprint density at radius 2 is 1.60 bits per heavy atom. The van der Waals surface area contributed by atoms with Gasteiger partial charge in [0.15, 0.2) is 5.69 Å². The number of halogens is 3. The molecule has 42 heavy (non-hydrogen) atoms. The number of nitrogens with zero attached hydrogens (tertiary/aromatic N) is 4. The molecule has 0 saturated heterocycles. The molecule has 1 heterocycles. The van der Waals surface area contributed by atoms with Gasteiger partial charge in [0.25, 0.3) is 5.91 Å². The summed E-state index contributed by atoms with van der Waals surface area (Å²) >= 11 is 0. The molecule has 0 bridgehead atoms. The lowest BCUT2D eigenvalue weighted by Crippen LogP contribution is -2.33. The maximum atomic E-state index is 13.6. The van der Waals surface area contributed by atoms with Crippen molar-refractivity contribution in [3.8, 4) is 11.8 Å². The first-order valence-corrected chi connectivity index (χ1v) is 14.2. The van der Waals surface area contributed by atoms with E-state index in [1.807, 2.05) is 42.5 Å². The third-order valence-electron chi connectivity index (χ3n) is 7.77. The fraction of sp³-hybridized carbons (Fsp3) is 0.303. The van der Waals surface area contributed by atoms with Crippen LogP contribution in [0.15, 0.2) is 84.9 Å². The minimum absolute atomic E-state index is 0.0136. The van der Waals surface area contributed by atoms with Crippen LogP contribution in [0.5, 0.6) is 0 Å². The van der Waals surface area contributed by atoms with E-state index in [1.54, 1.807) is 6.07 Å². The van der Waals surface area contributed by atoms with Crippen LogP contribution < -0.4 is 5.32 Å². The van der Waals surface area contributed by atoms with Crippen molar-refractivity contribution in [1.82, 2.24) is 14.7 Å². The summed E-state index contributed by atoms with van der Waals surface area (Å²) in [4.78, 5) is 16.0. The fourth-order valence-electron chi connectivity index (χ4n) is 5.37. The average molecular weight is 570 g/mol. The molecule has 1 unspecified atom stereocenters. The van der Waals surface area contributed by atoms with Gasteiger partial charge in [-0.15, -0.1) is 0 Å². The number of benzene rings is 3. The highest BCUT2D eigenvalue weighted by molar-refractivity contribution is 6.03. The Hall–Kier alpha value is -4.42. The Labute approximate surface area is 242 Å². The van der Waals surface area contributed by atoms with Gasteiger partial charge in [0.2, 0.25) is 0 Å². The smallest absolute Gasteiger partial charge is 0.321 e. The van der Waals surface area contributed by atoms with Gasteiger partial charge in [-0.2, -0.15) is 23.5 Å². The summed E-state index contributed by atoms with van der Waals surface area (Å²) < 4.78 is 41.8. The molecule has 214 valence electrons. The predicted molar refractivity (Wildman–Crippen MR) is 153 cm³/mol. The summed E-state index contributed by atoms with van der Waals surface area (Å²) in [6, 6.07) is 26.5. The molecule has 4 aromatic rings. The molecule has 6 rings (SSSR count). The van der Waals surface area contributed by atoms with Gasteiger partial charge in [0.1, 0.15) is 5.69 Å². The van der Waals surface area contributed by atoms with Gasteiger partial charge in [-0.1, -0.05) is 48.5 Å². The molecule has 0 spiro atoms. The SMILES string of the molecule is N#Cc1cccc(-n2nc(C(F)(F)F)cc2C(=O)Nc2cccc(C(c3ccccc3)N(CC3CC3)CC3CC3)c2)c1. The van der Waals surface area contributed by atoms with E-state index in [1.165, 1.54) is 49.9 Å². The number of hydrogen-bond donors (Lipinski definition) is 1. The van der Waals surface area contributed by atoms with E-state index in [2.05, 4.69) is 27.4 Å². The van der Waals surface area contributed by atoms with E-state index in [4.69, 9.17) is 0 Å². The van der Waals surface area contributed by atoms with Crippen LogP contribution >= 0.6 is 0 Å². The van der Waals surface area contributed by atoms with Crippen LogP contribution in [-0.4, -0.2) is 33.7 Å². The van der Waals surface area contributed by atoms with E-state index in [9.17, 15) is 23.2 Å². The van der Waals surface area contributed by atoms with E-state index in [-0.39, 0.29) is 23.0 Å². The molecule has 2 aliphatic rings. The van der Waals surface area contributed by atoms with Crippen molar-refractivity contribution in [2.75, 3.05) is 18.4 Å². The molecule has 1 atom stereocenters. The van der Waals surface area contributed by atoms with Crippen LogP contribution in [0.1, 0.15) is 64.6 Å². The molecule has 0 radical (unpaired) electrons. The van der Waals surface area contributed by atoms with Gasteiger partial charge in [-0.05, 0) is 79.0 Å². The lowest BCUT2D eigenvalue weighted by molar-refractivity contribution is -0.141. The molecular weight excluding hydrogens is 539 g/mol. The van der Waals surface area contributed by atoms with E-state index < -0.39 is 17.8 Å². The number of aromatic nitrogens is 2. The Morgan fingerprint density at radius 3 is 2.24 bits per heavy atom. The summed E-state index contributed by atoms with van der Waals surface area (Å²) in [5.41, 5.74) is 1.59. The highest BCUT2D eigenvalue weighted by Gasteiger charge is 2.37. The number of nitrogens with one attached hydrogen (secondary N) is 1. The molecule has 2 aliphatic carbocycles. The van der Waals surface area contributed by atoms with Gasteiger partial charge in [0, 0.05) is 24.8 Å². The van der Waals surface area contributed by atoms with Gasteiger partial charge < -0.3 is 5.32 Å². The van der Waals surface area contributed by atoms with E-state index >= 15 is 0 Å². The zero-order valence-corrected chi connectivity index (χ0v) is 22.9. The molecule has 1 N–H and O–H groups in total. The monoisotopic (exact) mass is 569 g/mol. The van der Waals surface area contributed by atoms with Crippen LogP contribution in [0.25, 0.3) is 5.69 Å². The number of amides is 1. The molecule has 1 amide bonds. The normalized spacial score (nSPS) is 15.8. The second-order valence-corrected chi connectivity index (χ2v) is 11.2. The highest BCUT2D eigenvalue weighted by atomic mass is 19.4. The van der Waals surface area contributed by atoms with E-state index in [0.717, 1.165) is 35.0 Å². The molecular formula is C33H30F3N5O. The zero-order chi connectivity index (χ0) is 29.3. The minimum atomic E-state index is -4.75. The Morgan fingerprint density at radius 1 is 0.929 bits per heavy atom. The summed E-state index contributed by atoms with van der Waals surface area (Å²) in [6.07, 6.45) is 0.211. The van der Waals surface area contributed by atoms with Crippen molar-refractivity contribution >= 4 is 11.6 Å². The Kier molecular flexibility index (Phi) is 7.56. The van der Waals surface area contributed by atoms with Crippen molar-refractivity contribution in [3.05, 3.63) is 113 Å². The third kappa shape index (κ3) is 6.39. The minimum Gasteiger partial charge on any atom is -0.321 e. The maximum Gasteiger partial charge on any atom is 0.435 e. The first-order valence-electron chi connectivity index (χ1n) is 14.2. The average Bonchev–Trinajstić information content (AvgIpc) is 3.92. The Bertz CT molecular complexity index is 1600. The largest absolute Gasteiger partial charge is 0.435 e. The molecule has 2 saturated carbocycles. The van der Waals surface area contributed by atoms with E-state index in [0.29, 0.717) is 17.5 Å².